The van der Waals surface area contributed by atoms with Crippen molar-refractivity contribution in [3.63, 3.8) is 0 Å². The molecule has 1 saturated heterocycles. The molecule has 0 aliphatic carbocycles. The molecule has 1 rings (SSSR count). The van der Waals surface area contributed by atoms with Crippen molar-refractivity contribution in [1.82, 2.24) is 4.90 Å². The van der Waals surface area contributed by atoms with Gasteiger partial charge in [-0.2, -0.15) is 0 Å². The molecule has 1 amide bonds. The lowest BCUT2D eigenvalue weighted by Gasteiger charge is -2.25. The van der Waals surface area contributed by atoms with Crippen molar-refractivity contribution < 1.29 is 9.90 Å². The van der Waals surface area contributed by atoms with Gasteiger partial charge < -0.3 is 10.0 Å². The third-order valence-corrected chi connectivity index (χ3v) is 2.45. The lowest BCUT2D eigenvalue weighted by atomic mass is 9.89. The summed E-state index contributed by atoms with van der Waals surface area (Å²) in [4.78, 5) is 13.1. The van der Waals surface area contributed by atoms with Crippen LogP contribution in [-0.2, 0) is 4.79 Å². The smallest absolute Gasteiger partial charge is 0.222 e. The first-order valence-corrected chi connectivity index (χ1v) is 5.34. The molecule has 0 saturated carbocycles. The van der Waals surface area contributed by atoms with Crippen molar-refractivity contribution in [2.45, 2.75) is 46.1 Å². The van der Waals surface area contributed by atoms with Gasteiger partial charge in [0.15, 0.2) is 0 Å². The zero-order chi connectivity index (χ0) is 10.8. The van der Waals surface area contributed by atoms with Crippen LogP contribution < -0.4 is 0 Å². The van der Waals surface area contributed by atoms with Gasteiger partial charge in [-0.05, 0) is 18.3 Å². The molecule has 1 aliphatic rings. The lowest BCUT2D eigenvalue weighted by Crippen LogP contribution is -2.35. The minimum absolute atomic E-state index is 0.127. The highest BCUT2D eigenvalue weighted by Crippen LogP contribution is 2.22. The van der Waals surface area contributed by atoms with Crippen molar-refractivity contribution in [2.24, 2.45) is 5.41 Å². The number of aliphatic hydroxyl groups excluding tert-OH is 1. The second kappa shape index (κ2) is 4.30. The van der Waals surface area contributed by atoms with Gasteiger partial charge in [0.05, 0.1) is 6.10 Å². The standard InChI is InChI=1S/C11H21NO2/c1-11(2,3)7-9(13)8-12-6-4-5-10(12)14/h9,13H,4-8H2,1-3H3. The van der Waals surface area contributed by atoms with Gasteiger partial charge in [0.1, 0.15) is 0 Å². The summed E-state index contributed by atoms with van der Waals surface area (Å²) in [7, 11) is 0. The van der Waals surface area contributed by atoms with E-state index in [9.17, 15) is 9.90 Å². The van der Waals surface area contributed by atoms with Gasteiger partial charge in [0.25, 0.3) is 0 Å². The highest BCUT2D eigenvalue weighted by Gasteiger charge is 2.24. The van der Waals surface area contributed by atoms with Crippen molar-refractivity contribution in [3.8, 4) is 0 Å². The number of amides is 1. The molecule has 0 spiro atoms. The number of carbonyl (C=O) groups excluding carboxylic acids is 1. The fourth-order valence-corrected chi connectivity index (χ4v) is 1.92. The molecule has 3 nitrogen and oxygen atoms in total. The Balaban J connectivity index is 2.33. The average molecular weight is 199 g/mol. The van der Waals surface area contributed by atoms with Crippen LogP contribution in [0.15, 0.2) is 0 Å². The normalized spacial score (nSPS) is 20.3. The molecule has 0 radical (unpaired) electrons. The van der Waals surface area contributed by atoms with Gasteiger partial charge >= 0.3 is 0 Å². The van der Waals surface area contributed by atoms with E-state index < -0.39 is 0 Å². The van der Waals surface area contributed by atoms with Crippen LogP contribution in [-0.4, -0.2) is 35.1 Å². The quantitative estimate of drug-likeness (QED) is 0.746. The van der Waals surface area contributed by atoms with Crippen molar-refractivity contribution in [1.29, 1.82) is 0 Å². The van der Waals surface area contributed by atoms with E-state index in [4.69, 9.17) is 0 Å². The summed E-state index contributed by atoms with van der Waals surface area (Å²) in [6, 6.07) is 0. The molecule has 1 unspecified atom stereocenters. The summed E-state index contributed by atoms with van der Waals surface area (Å²) < 4.78 is 0. The van der Waals surface area contributed by atoms with E-state index in [2.05, 4.69) is 20.8 Å². The average Bonchev–Trinajstić information content (AvgIpc) is 2.32. The highest BCUT2D eigenvalue weighted by atomic mass is 16.3. The first-order valence-electron chi connectivity index (χ1n) is 5.34. The molecule has 0 aromatic heterocycles. The molecular weight excluding hydrogens is 178 g/mol. The van der Waals surface area contributed by atoms with E-state index in [1.54, 1.807) is 4.90 Å². The topological polar surface area (TPSA) is 40.5 Å². The summed E-state index contributed by atoms with van der Waals surface area (Å²) in [5.41, 5.74) is 0.127. The van der Waals surface area contributed by atoms with Gasteiger partial charge in [0.2, 0.25) is 5.91 Å². The summed E-state index contributed by atoms with van der Waals surface area (Å²) in [5, 5.41) is 9.77. The fraction of sp³-hybridized carbons (Fsp3) is 0.909. The summed E-state index contributed by atoms with van der Waals surface area (Å²) in [5.74, 6) is 0.193. The van der Waals surface area contributed by atoms with E-state index in [-0.39, 0.29) is 17.4 Å². The number of hydrogen-bond acceptors (Lipinski definition) is 2. The summed E-state index contributed by atoms with van der Waals surface area (Å²) in [6.45, 7) is 7.63. The maximum Gasteiger partial charge on any atom is 0.222 e. The third-order valence-electron chi connectivity index (χ3n) is 2.45. The number of rotatable bonds is 3. The maximum absolute atomic E-state index is 11.3. The largest absolute Gasteiger partial charge is 0.391 e. The van der Waals surface area contributed by atoms with Crippen LogP contribution in [0.1, 0.15) is 40.0 Å². The zero-order valence-corrected chi connectivity index (χ0v) is 9.42. The van der Waals surface area contributed by atoms with Crippen molar-refractivity contribution >= 4 is 5.91 Å². The van der Waals surface area contributed by atoms with E-state index in [0.29, 0.717) is 13.0 Å². The number of carbonyl (C=O) groups is 1. The van der Waals surface area contributed by atoms with Crippen molar-refractivity contribution in [2.75, 3.05) is 13.1 Å². The Kier molecular flexibility index (Phi) is 3.53. The van der Waals surface area contributed by atoms with E-state index >= 15 is 0 Å². The first-order chi connectivity index (χ1) is 6.38. The second-order valence-electron chi connectivity index (χ2n) is 5.36. The highest BCUT2D eigenvalue weighted by molar-refractivity contribution is 5.78. The van der Waals surface area contributed by atoms with Gasteiger partial charge in [-0.25, -0.2) is 0 Å². The Hall–Kier alpha value is -0.570. The SMILES string of the molecule is CC(C)(C)CC(O)CN1CCCC1=O. The minimum atomic E-state index is -0.378. The molecular formula is C11H21NO2. The van der Waals surface area contributed by atoms with Crippen molar-refractivity contribution in [3.05, 3.63) is 0 Å². The molecule has 0 aromatic carbocycles. The maximum atomic E-state index is 11.3. The molecule has 0 aromatic rings. The summed E-state index contributed by atoms with van der Waals surface area (Å²) in [6.07, 6.45) is 1.97. The second-order valence-corrected chi connectivity index (χ2v) is 5.36. The molecule has 1 atom stereocenters. The number of β-amino-alcohol motifs (C(OH)–C–C–N with tert-alkyl or cyclic N) is 1. The van der Waals surface area contributed by atoms with Gasteiger partial charge in [-0.15, -0.1) is 0 Å². The molecule has 3 heteroatoms. The van der Waals surface area contributed by atoms with Gasteiger partial charge in [-0.3, -0.25) is 4.79 Å². The van der Waals surface area contributed by atoms with Crippen LogP contribution in [0.3, 0.4) is 0 Å². The van der Waals surface area contributed by atoms with Gasteiger partial charge in [-0.1, -0.05) is 20.8 Å². The van der Waals surface area contributed by atoms with Crippen LogP contribution in [0.4, 0.5) is 0 Å². The van der Waals surface area contributed by atoms with Crippen LogP contribution >= 0.6 is 0 Å². The predicted octanol–water partition coefficient (Wildman–Crippen LogP) is 1.41. The van der Waals surface area contributed by atoms with Crippen LogP contribution in [0.5, 0.6) is 0 Å². The monoisotopic (exact) mass is 199 g/mol. The Morgan fingerprint density at radius 1 is 1.50 bits per heavy atom. The zero-order valence-electron chi connectivity index (χ0n) is 9.42. The Morgan fingerprint density at radius 3 is 2.57 bits per heavy atom. The molecule has 1 aliphatic heterocycles. The Labute approximate surface area is 86.1 Å². The minimum Gasteiger partial charge on any atom is -0.391 e. The van der Waals surface area contributed by atoms with E-state index in [1.807, 2.05) is 0 Å². The van der Waals surface area contributed by atoms with Crippen LogP contribution in [0.25, 0.3) is 0 Å². The van der Waals surface area contributed by atoms with E-state index in [0.717, 1.165) is 19.4 Å². The Bertz CT molecular complexity index is 208. The number of aliphatic hydroxyl groups is 1. The fourth-order valence-electron chi connectivity index (χ4n) is 1.92. The third kappa shape index (κ3) is 3.66. The number of likely N-dealkylation sites (tertiary alicyclic amines) is 1. The molecule has 1 heterocycles. The van der Waals surface area contributed by atoms with Gasteiger partial charge in [0, 0.05) is 19.5 Å². The molecule has 0 bridgehead atoms. The molecule has 1 fully saturated rings. The molecule has 14 heavy (non-hydrogen) atoms. The summed E-state index contributed by atoms with van der Waals surface area (Å²) >= 11 is 0. The Morgan fingerprint density at radius 2 is 2.14 bits per heavy atom. The first kappa shape index (κ1) is 11.5. The number of hydrogen-bond donors (Lipinski definition) is 1. The van der Waals surface area contributed by atoms with Crippen LogP contribution in [0, 0.1) is 5.41 Å². The lowest BCUT2D eigenvalue weighted by molar-refractivity contribution is -0.129. The number of nitrogens with zero attached hydrogens (tertiary/aromatic N) is 1. The van der Waals surface area contributed by atoms with Crippen LogP contribution in [0.2, 0.25) is 0 Å². The molecule has 82 valence electrons. The predicted molar refractivity (Wildman–Crippen MR) is 55.9 cm³/mol. The molecule has 1 N–H and O–H groups in total. The van der Waals surface area contributed by atoms with E-state index in [1.165, 1.54) is 0 Å².